The minimum atomic E-state index is -4.29. The number of aromatic nitrogens is 6. The summed E-state index contributed by atoms with van der Waals surface area (Å²) in [6.45, 7) is 4.82. The van der Waals surface area contributed by atoms with E-state index in [2.05, 4.69) is 30.4 Å². The third-order valence-corrected chi connectivity index (χ3v) is 7.97. The molecule has 0 aromatic carbocycles. The minimum Gasteiger partial charge on any atom is -0.481 e. The van der Waals surface area contributed by atoms with E-state index in [1.165, 1.54) is 22.2 Å². The third-order valence-electron chi connectivity index (χ3n) is 6.85. The largest absolute Gasteiger partial charge is 0.481 e. The Bertz CT molecular complexity index is 1650. The van der Waals surface area contributed by atoms with Gasteiger partial charge in [-0.3, -0.25) is 9.59 Å². The van der Waals surface area contributed by atoms with Gasteiger partial charge in [0.25, 0.3) is 0 Å². The van der Waals surface area contributed by atoms with E-state index in [9.17, 15) is 27.9 Å². The highest BCUT2D eigenvalue weighted by Gasteiger charge is 2.50. The van der Waals surface area contributed by atoms with Gasteiger partial charge in [-0.2, -0.15) is 18.3 Å². The van der Waals surface area contributed by atoms with E-state index >= 15 is 0 Å². The molecule has 40 heavy (non-hydrogen) atoms. The van der Waals surface area contributed by atoms with Crippen LogP contribution in [0.2, 0.25) is 0 Å². The molecule has 15 heteroatoms. The maximum absolute atomic E-state index is 13.3. The molecule has 0 fully saturated rings. The van der Waals surface area contributed by atoms with E-state index in [0.717, 1.165) is 0 Å². The zero-order valence-corrected chi connectivity index (χ0v) is 22.5. The lowest BCUT2D eigenvalue weighted by molar-refractivity contribution is -0.146. The number of carbonyl (C=O) groups excluding carboxylic acids is 1. The standard InChI is InChI=1S/C25H25F3N8O3S/c1-23(2,22(38)39)10-12-11-40-21(31-12)24(3)14-16(29)32-18(33-17(14)34-20(24)37)15-13-6-4-8-30-19(13)36(35-15)9-5-7-25(26,27)28/h4,6,8,11H,5,7,9-10H2,1-3H3,(H,38,39)(H3,29,32,33,34,37)/t24-/m0/s1. The molecule has 210 valence electrons. The first-order chi connectivity index (χ1) is 18.7. The van der Waals surface area contributed by atoms with Gasteiger partial charge in [0.15, 0.2) is 11.5 Å². The van der Waals surface area contributed by atoms with Crippen LogP contribution in [-0.4, -0.2) is 52.9 Å². The molecule has 0 bridgehead atoms. The number of nitrogen functional groups attached to an aromatic ring is 1. The lowest BCUT2D eigenvalue weighted by Crippen LogP contribution is -2.33. The van der Waals surface area contributed by atoms with Gasteiger partial charge >= 0.3 is 12.1 Å². The molecule has 4 N–H and O–H groups in total. The topological polar surface area (TPSA) is 162 Å². The van der Waals surface area contributed by atoms with Crippen LogP contribution in [0.5, 0.6) is 0 Å². The number of nitrogens with two attached hydrogens (primary N) is 1. The number of hydrogen-bond donors (Lipinski definition) is 3. The van der Waals surface area contributed by atoms with Crippen LogP contribution in [0.3, 0.4) is 0 Å². The number of carboxylic acids is 1. The Morgan fingerprint density at radius 2 is 2.00 bits per heavy atom. The maximum atomic E-state index is 13.3. The van der Waals surface area contributed by atoms with E-state index in [0.29, 0.717) is 27.3 Å². The highest BCUT2D eigenvalue weighted by Crippen LogP contribution is 2.46. The lowest BCUT2D eigenvalue weighted by atomic mass is 9.85. The molecule has 11 nitrogen and oxygen atoms in total. The molecule has 4 aromatic rings. The summed E-state index contributed by atoms with van der Waals surface area (Å²) in [7, 11) is 0. The molecule has 4 aromatic heterocycles. The van der Waals surface area contributed by atoms with E-state index in [1.54, 1.807) is 38.3 Å². The monoisotopic (exact) mass is 574 g/mol. The highest BCUT2D eigenvalue weighted by atomic mass is 32.1. The number of carboxylic acid groups (broad SMARTS) is 1. The Kier molecular flexibility index (Phi) is 6.51. The predicted molar refractivity (Wildman–Crippen MR) is 141 cm³/mol. The minimum absolute atomic E-state index is 0.00660. The van der Waals surface area contributed by atoms with E-state index in [-0.39, 0.29) is 42.5 Å². The zero-order valence-electron chi connectivity index (χ0n) is 21.7. The van der Waals surface area contributed by atoms with Crippen molar-refractivity contribution in [2.24, 2.45) is 5.41 Å². The summed E-state index contributed by atoms with van der Waals surface area (Å²) in [5.41, 5.74) is 5.51. The normalized spacial score (nSPS) is 17.3. The van der Waals surface area contributed by atoms with Gasteiger partial charge in [-0.05, 0) is 39.3 Å². The molecule has 1 aliphatic heterocycles. The Hall–Kier alpha value is -4.14. The molecule has 0 unspecified atom stereocenters. The Balaban J connectivity index is 1.52. The second-order valence-electron chi connectivity index (χ2n) is 10.4. The first-order valence-corrected chi connectivity index (χ1v) is 13.1. The number of aliphatic carboxylic acids is 1. The van der Waals surface area contributed by atoms with Crippen molar-refractivity contribution in [1.82, 2.24) is 29.7 Å². The van der Waals surface area contributed by atoms with Gasteiger partial charge < -0.3 is 16.2 Å². The van der Waals surface area contributed by atoms with Crippen molar-refractivity contribution in [3.63, 3.8) is 0 Å². The van der Waals surface area contributed by atoms with Gasteiger partial charge in [-0.15, -0.1) is 11.3 Å². The molecule has 5 heterocycles. The number of amides is 1. The first-order valence-electron chi connectivity index (χ1n) is 12.3. The van der Waals surface area contributed by atoms with Crippen LogP contribution < -0.4 is 11.1 Å². The molecule has 5 rings (SSSR count). The predicted octanol–water partition coefficient (Wildman–Crippen LogP) is 4.18. The molecule has 1 aliphatic rings. The smallest absolute Gasteiger partial charge is 0.389 e. The van der Waals surface area contributed by atoms with E-state index in [4.69, 9.17) is 5.73 Å². The number of halogens is 3. The SMILES string of the molecule is CC(C)(Cc1csc([C@]2(C)C(=O)Nc3nc(-c4nn(CCCC(F)(F)F)c5ncccc45)nc(N)c32)n1)C(=O)O. The van der Waals surface area contributed by atoms with Crippen LogP contribution in [0, 0.1) is 5.41 Å². The second-order valence-corrected chi connectivity index (χ2v) is 11.3. The average Bonchev–Trinajstić information content (AvgIpc) is 3.54. The number of aryl methyl sites for hydroxylation is 1. The van der Waals surface area contributed by atoms with Crippen LogP contribution in [0.4, 0.5) is 24.8 Å². The van der Waals surface area contributed by atoms with Crippen molar-refractivity contribution in [3.05, 3.63) is 40.0 Å². The molecule has 1 atom stereocenters. The van der Waals surface area contributed by atoms with Crippen LogP contribution in [0.1, 0.15) is 49.9 Å². The van der Waals surface area contributed by atoms with Gasteiger partial charge in [0.1, 0.15) is 27.8 Å². The van der Waals surface area contributed by atoms with Gasteiger partial charge in [0, 0.05) is 31.0 Å². The van der Waals surface area contributed by atoms with Crippen molar-refractivity contribution in [3.8, 4) is 11.5 Å². The van der Waals surface area contributed by atoms with Crippen LogP contribution in [0.15, 0.2) is 23.7 Å². The van der Waals surface area contributed by atoms with Gasteiger partial charge in [0.2, 0.25) is 5.91 Å². The van der Waals surface area contributed by atoms with Crippen LogP contribution in [0.25, 0.3) is 22.6 Å². The summed E-state index contributed by atoms with van der Waals surface area (Å²) in [4.78, 5) is 42.6. The first kappa shape index (κ1) is 27.4. The molecular weight excluding hydrogens is 549 g/mol. The van der Waals surface area contributed by atoms with Crippen molar-refractivity contribution in [2.45, 2.75) is 58.2 Å². The molecule has 1 amide bonds. The zero-order chi connectivity index (χ0) is 29.0. The van der Waals surface area contributed by atoms with Crippen molar-refractivity contribution >= 4 is 45.9 Å². The summed E-state index contributed by atoms with van der Waals surface area (Å²) in [6.07, 6.45) is -3.75. The number of nitrogens with one attached hydrogen (secondary N) is 1. The van der Waals surface area contributed by atoms with Crippen LogP contribution in [-0.2, 0) is 28.0 Å². The lowest BCUT2D eigenvalue weighted by Gasteiger charge is -2.20. The van der Waals surface area contributed by atoms with Gasteiger partial charge in [-0.25, -0.2) is 24.6 Å². The number of alkyl halides is 3. The fourth-order valence-corrected chi connectivity index (χ4v) is 5.61. The van der Waals surface area contributed by atoms with Gasteiger partial charge in [-0.1, -0.05) is 0 Å². The molecule has 0 spiro atoms. The number of rotatable bonds is 8. The summed E-state index contributed by atoms with van der Waals surface area (Å²) < 4.78 is 39.5. The number of fused-ring (bicyclic) bond motifs is 2. The summed E-state index contributed by atoms with van der Waals surface area (Å²) >= 11 is 1.21. The molecule has 0 radical (unpaired) electrons. The van der Waals surface area contributed by atoms with E-state index < -0.39 is 35.3 Å². The number of anilines is 2. The van der Waals surface area contributed by atoms with E-state index in [1.807, 2.05) is 0 Å². The Labute approximate surface area is 229 Å². The number of nitrogens with zero attached hydrogens (tertiary/aromatic N) is 6. The average molecular weight is 575 g/mol. The third kappa shape index (κ3) is 4.74. The number of carbonyl (C=O) groups is 2. The fourth-order valence-electron chi connectivity index (χ4n) is 4.62. The maximum Gasteiger partial charge on any atom is 0.389 e. The Morgan fingerprint density at radius 1 is 1.25 bits per heavy atom. The molecular formula is C25H25F3N8O3S. The molecule has 0 saturated heterocycles. The summed E-state index contributed by atoms with van der Waals surface area (Å²) in [5, 5.41) is 19.3. The summed E-state index contributed by atoms with van der Waals surface area (Å²) in [6, 6.07) is 3.37. The van der Waals surface area contributed by atoms with Gasteiger partial charge in [0.05, 0.1) is 22.1 Å². The van der Waals surface area contributed by atoms with Crippen molar-refractivity contribution in [1.29, 1.82) is 0 Å². The molecule has 0 saturated carbocycles. The number of thiazole rings is 1. The van der Waals surface area contributed by atoms with Crippen molar-refractivity contribution < 1.29 is 27.9 Å². The highest BCUT2D eigenvalue weighted by molar-refractivity contribution is 7.10. The second kappa shape index (κ2) is 9.50. The fraction of sp³-hybridized carbons (Fsp3) is 0.400. The van der Waals surface area contributed by atoms with Crippen LogP contribution >= 0.6 is 11.3 Å². The van der Waals surface area contributed by atoms with Crippen molar-refractivity contribution in [2.75, 3.05) is 11.1 Å². The quantitative estimate of drug-likeness (QED) is 0.280. The number of hydrogen-bond acceptors (Lipinski definition) is 9. The Morgan fingerprint density at radius 3 is 2.70 bits per heavy atom. The number of pyridine rings is 1. The molecule has 0 aliphatic carbocycles. The summed E-state index contributed by atoms with van der Waals surface area (Å²) in [5.74, 6) is -1.14.